The van der Waals surface area contributed by atoms with Crippen molar-refractivity contribution in [2.75, 3.05) is 27.2 Å². The van der Waals surface area contributed by atoms with Crippen molar-refractivity contribution in [2.45, 2.75) is 29.7 Å². The molecule has 0 aliphatic carbocycles. The van der Waals surface area contributed by atoms with E-state index in [1.54, 1.807) is 19.2 Å². The molecule has 2 rings (SSSR count). The van der Waals surface area contributed by atoms with E-state index in [0.717, 1.165) is 37.3 Å². The lowest BCUT2D eigenvalue weighted by atomic mass is 10.1. The first-order valence-corrected chi connectivity index (χ1v) is 8.57. The molecule has 0 unspecified atom stereocenters. The van der Waals surface area contributed by atoms with E-state index in [1.165, 1.54) is 4.31 Å². The molecule has 1 N–H and O–H groups in total. The van der Waals surface area contributed by atoms with E-state index < -0.39 is 10.0 Å². The fourth-order valence-corrected chi connectivity index (χ4v) is 5.10. The number of likely N-dealkylation sites (tertiary alicyclic amines) is 1. The van der Waals surface area contributed by atoms with Crippen molar-refractivity contribution >= 4 is 21.4 Å². The van der Waals surface area contributed by atoms with Crippen LogP contribution in [-0.2, 0) is 16.6 Å². The van der Waals surface area contributed by atoms with Gasteiger partial charge in [-0.3, -0.25) is 0 Å². The van der Waals surface area contributed by atoms with Gasteiger partial charge in [0.05, 0.1) is 6.61 Å². The number of aliphatic hydroxyl groups is 1. The molecule has 5 nitrogen and oxygen atoms in total. The highest BCUT2D eigenvalue weighted by Crippen LogP contribution is 2.27. The van der Waals surface area contributed by atoms with E-state index in [9.17, 15) is 8.42 Å². The summed E-state index contributed by atoms with van der Waals surface area (Å²) < 4.78 is 26.8. The highest BCUT2D eigenvalue weighted by atomic mass is 32.2. The fourth-order valence-electron chi connectivity index (χ4n) is 2.28. The Hall–Kier alpha value is -0.470. The van der Waals surface area contributed by atoms with E-state index in [4.69, 9.17) is 5.11 Å². The molecule has 0 bridgehead atoms. The zero-order chi connectivity index (χ0) is 14.0. The molecule has 0 saturated carbocycles. The molecule has 2 heterocycles. The highest BCUT2D eigenvalue weighted by molar-refractivity contribution is 7.91. The van der Waals surface area contributed by atoms with E-state index in [1.807, 2.05) is 0 Å². The van der Waals surface area contributed by atoms with Crippen LogP contribution in [0.15, 0.2) is 16.3 Å². The zero-order valence-electron chi connectivity index (χ0n) is 11.2. The quantitative estimate of drug-likeness (QED) is 0.900. The molecular weight excluding hydrogens is 284 g/mol. The Morgan fingerprint density at radius 1 is 1.42 bits per heavy atom. The van der Waals surface area contributed by atoms with E-state index in [0.29, 0.717) is 9.09 Å². The molecule has 1 aromatic heterocycles. The molecule has 0 spiro atoms. The molecule has 0 radical (unpaired) electrons. The summed E-state index contributed by atoms with van der Waals surface area (Å²) in [6.45, 7) is 1.74. The smallest absolute Gasteiger partial charge is 0.252 e. The molecule has 1 saturated heterocycles. The predicted molar refractivity (Wildman–Crippen MR) is 75.7 cm³/mol. The minimum atomic E-state index is -3.42. The van der Waals surface area contributed by atoms with Crippen molar-refractivity contribution in [3.8, 4) is 0 Å². The highest BCUT2D eigenvalue weighted by Gasteiger charge is 2.31. The van der Waals surface area contributed by atoms with Crippen molar-refractivity contribution < 1.29 is 13.5 Å². The Morgan fingerprint density at radius 2 is 2.05 bits per heavy atom. The van der Waals surface area contributed by atoms with Crippen LogP contribution in [0.1, 0.15) is 17.7 Å². The maximum atomic E-state index is 12.5. The molecule has 19 heavy (non-hydrogen) atoms. The third-order valence-corrected chi connectivity index (χ3v) is 7.08. The number of rotatable bonds is 4. The van der Waals surface area contributed by atoms with Gasteiger partial charge in [0.15, 0.2) is 0 Å². The number of hydrogen-bond donors (Lipinski definition) is 1. The Bertz CT molecular complexity index is 519. The summed E-state index contributed by atoms with van der Waals surface area (Å²) in [7, 11) is 0.286. The van der Waals surface area contributed by atoms with Gasteiger partial charge in [-0.2, -0.15) is 4.31 Å². The van der Waals surface area contributed by atoms with Gasteiger partial charge >= 0.3 is 0 Å². The third kappa shape index (κ3) is 3.17. The number of thiophene rings is 1. The number of hydrogen-bond acceptors (Lipinski definition) is 5. The minimum Gasteiger partial charge on any atom is -0.391 e. The van der Waals surface area contributed by atoms with Crippen LogP contribution in [0.5, 0.6) is 0 Å². The molecular formula is C12H20N2O3S2. The molecule has 108 valence electrons. The number of sulfonamides is 1. The van der Waals surface area contributed by atoms with Crippen molar-refractivity contribution in [2.24, 2.45) is 0 Å². The van der Waals surface area contributed by atoms with Crippen molar-refractivity contribution in [3.05, 3.63) is 17.0 Å². The molecule has 1 aromatic rings. The molecule has 0 atom stereocenters. The maximum absolute atomic E-state index is 12.5. The Kier molecular flexibility index (Phi) is 4.62. The zero-order valence-corrected chi connectivity index (χ0v) is 12.9. The van der Waals surface area contributed by atoms with Crippen LogP contribution >= 0.6 is 11.3 Å². The predicted octanol–water partition coefficient (Wildman–Crippen LogP) is 0.955. The molecule has 1 fully saturated rings. The summed E-state index contributed by atoms with van der Waals surface area (Å²) in [6.07, 6.45) is 1.73. The monoisotopic (exact) mass is 304 g/mol. The SMILES string of the molecule is CN1CCC(N(C)S(=O)(=O)c2ccc(CO)s2)CC1. The minimum absolute atomic E-state index is 0.0703. The largest absolute Gasteiger partial charge is 0.391 e. The second kappa shape index (κ2) is 5.88. The second-order valence-corrected chi connectivity index (χ2v) is 8.33. The Balaban J connectivity index is 2.14. The summed E-state index contributed by atoms with van der Waals surface area (Å²) in [5.74, 6) is 0. The molecule has 0 aromatic carbocycles. The van der Waals surface area contributed by atoms with Crippen LogP contribution in [0, 0.1) is 0 Å². The van der Waals surface area contributed by atoms with Crippen LogP contribution in [0.2, 0.25) is 0 Å². The second-order valence-electron chi connectivity index (χ2n) is 4.93. The van der Waals surface area contributed by atoms with Crippen LogP contribution in [0.4, 0.5) is 0 Å². The summed E-state index contributed by atoms with van der Waals surface area (Å²) in [6, 6.07) is 3.32. The number of aliphatic hydroxyl groups excluding tert-OH is 1. The molecule has 1 aliphatic heterocycles. The summed E-state index contributed by atoms with van der Waals surface area (Å²) in [5.41, 5.74) is 0. The Morgan fingerprint density at radius 3 is 2.58 bits per heavy atom. The third-order valence-electron chi connectivity index (χ3n) is 3.63. The van der Waals surface area contributed by atoms with Gasteiger partial charge in [-0.15, -0.1) is 11.3 Å². The van der Waals surface area contributed by atoms with Gasteiger partial charge in [0, 0.05) is 18.0 Å². The average Bonchev–Trinajstić information content (AvgIpc) is 2.88. The summed E-state index contributed by atoms with van der Waals surface area (Å²) in [4.78, 5) is 2.89. The van der Waals surface area contributed by atoms with Crippen LogP contribution in [-0.4, -0.2) is 56.0 Å². The van der Waals surface area contributed by atoms with Crippen molar-refractivity contribution in [1.82, 2.24) is 9.21 Å². The van der Waals surface area contributed by atoms with Gasteiger partial charge in [0.1, 0.15) is 4.21 Å². The first-order valence-electron chi connectivity index (χ1n) is 6.31. The molecule has 1 aliphatic rings. The lowest BCUT2D eigenvalue weighted by molar-refractivity contribution is 0.198. The number of nitrogens with zero attached hydrogens (tertiary/aromatic N) is 2. The van der Waals surface area contributed by atoms with Crippen LogP contribution in [0.25, 0.3) is 0 Å². The topological polar surface area (TPSA) is 60.9 Å². The van der Waals surface area contributed by atoms with Gasteiger partial charge in [0.25, 0.3) is 10.0 Å². The van der Waals surface area contributed by atoms with Crippen LogP contribution < -0.4 is 0 Å². The van der Waals surface area contributed by atoms with Crippen molar-refractivity contribution in [1.29, 1.82) is 0 Å². The lowest BCUT2D eigenvalue weighted by Crippen LogP contribution is -2.44. The normalized spacial score (nSPS) is 19.2. The van der Waals surface area contributed by atoms with Gasteiger partial charge in [-0.25, -0.2) is 8.42 Å². The Labute approximate surface area is 118 Å². The first kappa shape index (κ1) is 14.9. The van der Waals surface area contributed by atoms with E-state index in [-0.39, 0.29) is 12.6 Å². The standard InChI is InChI=1S/C12H20N2O3S2/c1-13-7-5-10(6-8-13)14(2)19(16,17)12-4-3-11(9-15)18-12/h3-4,10,15H,5-9H2,1-2H3. The van der Waals surface area contributed by atoms with Gasteiger partial charge < -0.3 is 10.0 Å². The van der Waals surface area contributed by atoms with Gasteiger partial charge in [-0.05, 0) is 45.1 Å². The maximum Gasteiger partial charge on any atom is 0.252 e. The fraction of sp³-hybridized carbons (Fsp3) is 0.667. The van der Waals surface area contributed by atoms with Gasteiger partial charge in [0.2, 0.25) is 0 Å². The average molecular weight is 304 g/mol. The molecule has 0 amide bonds. The summed E-state index contributed by atoms with van der Waals surface area (Å²) >= 11 is 1.14. The summed E-state index contributed by atoms with van der Waals surface area (Å²) in [5, 5.41) is 9.03. The number of piperidine rings is 1. The van der Waals surface area contributed by atoms with Crippen molar-refractivity contribution in [3.63, 3.8) is 0 Å². The lowest BCUT2D eigenvalue weighted by Gasteiger charge is -2.34. The van der Waals surface area contributed by atoms with Crippen LogP contribution in [0.3, 0.4) is 0 Å². The first-order chi connectivity index (χ1) is 8.95. The van der Waals surface area contributed by atoms with Gasteiger partial charge in [-0.1, -0.05) is 0 Å². The molecule has 7 heteroatoms. The van der Waals surface area contributed by atoms with E-state index in [2.05, 4.69) is 11.9 Å². The van der Waals surface area contributed by atoms with E-state index >= 15 is 0 Å².